The summed E-state index contributed by atoms with van der Waals surface area (Å²) >= 11 is 0. The van der Waals surface area contributed by atoms with Crippen LogP contribution in [0, 0.1) is 5.92 Å². The van der Waals surface area contributed by atoms with Crippen LogP contribution in [0.2, 0.25) is 0 Å². The molecule has 1 heterocycles. The van der Waals surface area contributed by atoms with Gasteiger partial charge in [-0.1, -0.05) is 37.3 Å². The zero-order valence-electron chi connectivity index (χ0n) is 12.4. The van der Waals surface area contributed by atoms with E-state index < -0.39 is 0 Å². The Labute approximate surface area is 125 Å². The highest BCUT2D eigenvalue weighted by molar-refractivity contribution is 6.03. The Morgan fingerprint density at radius 2 is 1.95 bits per heavy atom. The summed E-state index contributed by atoms with van der Waals surface area (Å²) in [5, 5.41) is 12.1. The van der Waals surface area contributed by atoms with Gasteiger partial charge in [0.2, 0.25) is 0 Å². The molecule has 1 saturated heterocycles. The van der Waals surface area contributed by atoms with Crippen LogP contribution in [0.1, 0.15) is 36.5 Å². The van der Waals surface area contributed by atoms with E-state index in [9.17, 15) is 9.90 Å². The fourth-order valence-corrected chi connectivity index (χ4v) is 3.06. The Morgan fingerprint density at radius 1 is 1.14 bits per heavy atom. The normalized spacial score (nSPS) is 19.5. The van der Waals surface area contributed by atoms with Crippen LogP contribution in [0.5, 0.6) is 5.75 Å². The van der Waals surface area contributed by atoms with Gasteiger partial charge in [-0.25, -0.2) is 0 Å². The number of phenolic OH excluding ortho intramolecular Hbond substituents is 1. The monoisotopic (exact) mass is 283 g/mol. The fourth-order valence-electron chi connectivity index (χ4n) is 3.06. The van der Waals surface area contributed by atoms with Gasteiger partial charge in [-0.2, -0.15) is 0 Å². The quantitative estimate of drug-likeness (QED) is 0.864. The zero-order chi connectivity index (χ0) is 14.8. The molecule has 1 atom stereocenters. The number of nitrogens with zero attached hydrogens (tertiary/aromatic N) is 1. The SMILES string of the molecule is CC1CCCN(C(=O)c2ccc3ccccc3c2O)CC1. The lowest BCUT2D eigenvalue weighted by Gasteiger charge is -2.21. The lowest BCUT2D eigenvalue weighted by atomic mass is 10.0. The first-order chi connectivity index (χ1) is 10.2. The number of carbonyl (C=O) groups is 1. The molecule has 3 heteroatoms. The molecule has 0 aromatic heterocycles. The first-order valence-electron chi connectivity index (χ1n) is 7.67. The maximum Gasteiger partial charge on any atom is 0.257 e. The van der Waals surface area contributed by atoms with Gasteiger partial charge in [0.1, 0.15) is 5.75 Å². The van der Waals surface area contributed by atoms with Crippen molar-refractivity contribution in [2.24, 2.45) is 5.92 Å². The van der Waals surface area contributed by atoms with E-state index in [1.807, 2.05) is 35.2 Å². The summed E-state index contributed by atoms with van der Waals surface area (Å²) in [6.07, 6.45) is 3.26. The predicted octanol–water partition coefficient (Wildman–Crippen LogP) is 3.81. The molecule has 1 aliphatic heterocycles. The van der Waals surface area contributed by atoms with Crippen LogP contribution in [0.3, 0.4) is 0 Å². The van der Waals surface area contributed by atoms with Crippen molar-refractivity contribution in [3.8, 4) is 5.75 Å². The highest BCUT2D eigenvalue weighted by atomic mass is 16.3. The first-order valence-corrected chi connectivity index (χ1v) is 7.67. The molecule has 0 bridgehead atoms. The summed E-state index contributed by atoms with van der Waals surface area (Å²) in [5.74, 6) is 0.732. The molecule has 3 nitrogen and oxygen atoms in total. The summed E-state index contributed by atoms with van der Waals surface area (Å²) in [5.41, 5.74) is 0.420. The van der Waals surface area contributed by atoms with Crippen LogP contribution in [0.4, 0.5) is 0 Å². The number of hydrogen-bond acceptors (Lipinski definition) is 2. The van der Waals surface area contributed by atoms with Gasteiger partial charge in [0.25, 0.3) is 5.91 Å². The number of hydrogen-bond donors (Lipinski definition) is 1. The average Bonchev–Trinajstić information content (AvgIpc) is 2.72. The third-order valence-electron chi connectivity index (χ3n) is 4.43. The molecule has 3 rings (SSSR count). The van der Waals surface area contributed by atoms with Crippen molar-refractivity contribution >= 4 is 16.7 Å². The third kappa shape index (κ3) is 2.73. The number of phenols is 1. The molecule has 1 amide bonds. The van der Waals surface area contributed by atoms with E-state index in [-0.39, 0.29) is 11.7 Å². The van der Waals surface area contributed by atoms with Crippen molar-refractivity contribution in [3.63, 3.8) is 0 Å². The average molecular weight is 283 g/mol. The van der Waals surface area contributed by atoms with Gasteiger partial charge >= 0.3 is 0 Å². The van der Waals surface area contributed by atoms with Crippen molar-refractivity contribution in [1.82, 2.24) is 4.90 Å². The molecular formula is C18H21NO2. The summed E-state index contributed by atoms with van der Waals surface area (Å²) < 4.78 is 0. The van der Waals surface area contributed by atoms with Gasteiger partial charge in [-0.3, -0.25) is 4.79 Å². The lowest BCUT2D eigenvalue weighted by molar-refractivity contribution is 0.0757. The maximum atomic E-state index is 12.7. The van der Waals surface area contributed by atoms with E-state index >= 15 is 0 Å². The zero-order valence-corrected chi connectivity index (χ0v) is 12.4. The lowest BCUT2D eigenvalue weighted by Crippen LogP contribution is -2.32. The molecule has 1 unspecified atom stereocenters. The largest absolute Gasteiger partial charge is 0.506 e. The fraction of sp³-hybridized carbons (Fsp3) is 0.389. The minimum absolute atomic E-state index is 0.0487. The minimum atomic E-state index is -0.0487. The smallest absolute Gasteiger partial charge is 0.257 e. The van der Waals surface area contributed by atoms with Gasteiger partial charge in [-0.05, 0) is 36.6 Å². The van der Waals surface area contributed by atoms with E-state index in [2.05, 4.69) is 6.92 Å². The molecule has 2 aromatic rings. The number of carbonyl (C=O) groups excluding carboxylic acids is 1. The van der Waals surface area contributed by atoms with E-state index in [0.29, 0.717) is 11.5 Å². The van der Waals surface area contributed by atoms with Gasteiger partial charge in [0, 0.05) is 18.5 Å². The molecule has 1 aliphatic rings. The second kappa shape index (κ2) is 5.76. The first kappa shape index (κ1) is 13.9. The maximum absolute atomic E-state index is 12.7. The molecule has 0 aliphatic carbocycles. The Bertz CT molecular complexity index is 665. The number of benzene rings is 2. The second-order valence-electron chi connectivity index (χ2n) is 6.01. The number of aromatic hydroxyl groups is 1. The van der Waals surface area contributed by atoms with Gasteiger partial charge < -0.3 is 10.0 Å². The van der Waals surface area contributed by atoms with E-state index in [0.717, 1.165) is 36.7 Å². The van der Waals surface area contributed by atoms with Crippen molar-refractivity contribution in [3.05, 3.63) is 42.0 Å². The van der Waals surface area contributed by atoms with Gasteiger partial charge in [0.15, 0.2) is 0 Å². The molecule has 0 saturated carbocycles. The molecule has 21 heavy (non-hydrogen) atoms. The van der Waals surface area contributed by atoms with Crippen LogP contribution in [-0.2, 0) is 0 Å². The number of rotatable bonds is 1. The summed E-state index contributed by atoms with van der Waals surface area (Å²) in [7, 11) is 0. The predicted molar refractivity (Wildman–Crippen MR) is 84.5 cm³/mol. The van der Waals surface area contributed by atoms with Crippen molar-refractivity contribution < 1.29 is 9.90 Å². The Balaban J connectivity index is 1.92. The molecule has 2 aromatic carbocycles. The van der Waals surface area contributed by atoms with Crippen LogP contribution in [0.25, 0.3) is 10.8 Å². The Morgan fingerprint density at radius 3 is 2.81 bits per heavy atom. The van der Waals surface area contributed by atoms with E-state index in [1.165, 1.54) is 6.42 Å². The molecule has 1 fully saturated rings. The van der Waals surface area contributed by atoms with E-state index in [1.54, 1.807) is 6.07 Å². The van der Waals surface area contributed by atoms with Gasteiger partial charge in [0.05, 0.1) is 5.56 Å². The Kier molecular flexibility index (Phi) is 3.82. The molecule has 0 radical (unpaired) electrons. The second-order valence-corrected chi connectivity index (χ2v) is 6.01. The van der Waals surface area contributed by atoms with Crippen LogP contribution >= 0.6 is 0 Å². The standard InChI is InChI=1S/C18H21NO2/c1-13-5-4-11-19(12-10-13)18(21)16-9-8-14-6-2-3-7-15(14)17(16)20/h2-3,6-9,13,20H,4-5,10-12H2,1H3. The highest BCUT2D eigenvalue weighted by Crippen LogP contribution is 2.30. The van der Waals surface area contributed by atoms with Crippen molar-refractivity contribution in [1.29, 1.82) is 0 Å². The van der Waals surface area contributed by atoms with Crippen LogP contribution < -0.4 is 0 Å². The molecule has 0 spiro atoms. The molecule has 110 valence electrons. The topological polar surface area (TPSA) is 40.5 Å². The van der Waals surface area contributed by atoms with Crippen molar-refractivity contribution in [2.45, 2.75) is 26.2 Å². The summed E-state index contributed by atoms with van der Waals surface area (Å²) in [6, 6.07) is 11.3. The molecule has 1 N–H and O–H groups in total. The Hall–Kier alpha value is -2.03. The summed E-state index contributed by atoms with van der Waals surface area (Å²) in [6.45, 7) is 3.81. The minimum Gasteiger partial charge on any atom is -0.506 e. The highest BCUT2D eigenvalue weighted by Gasteiger charge is 2.22. The van der Waals surface area contributed by atoms with Crippen molar-refractivity contribution in [2.75, 3.05) is 13.1 Å². The number of fused-ring (bicyclic) bond motifs is 1. The number of amides is 1. The van der Waals surface area contributed by atoms with Crippen LogP contribution in [-0.4, -0.2) is 29.0 Å². The van der Waals surface area contributed by atoms with Gasteiger partial charge in [-0.15, -0.1) is 0 Å². The van der Waals surface area contributed by atoms with E-state index in [4.69, 9.17) is 0 Å². The molecular weight excluding hydrogens is 262 g/mol. The number of likely N-dealkylation sites (tertiary alicyclic amines) is 1. The summed E-state index contributed by atoms with van der Waals surface area (Å²) in [4.78, 5) is 14.6. The third-order valence-corrected chi connectivity index (χ3v) is 4.43. The van der Waals surface area contributed by atoms with Crippen LogP contribution in [0.15, 0.2) is 36.4 Å².